The lowest BCUT2D eigenvalue weighted by Gasteiger charge is -2.33. The summed E-state index contributed by atoms with van der Waals surface area (Å²) in [6.07, 6.45) is 6.54. The quantitative estimate of drug-likeness (QED) is 0.326. The summed E-state index contributed by atoms with van der Waals surface area (Å²) < 4.78 is 56.0. The van der Waals surface area contributed by atoms with Crippen molar-refractivity contribution < 1.29 is 22.4 Å². The molecule has 2 aliphatic carbocycles. The molecule has 0 unspecified atom stereocenters. The molecule has 9 nitrogen and oxygen atoms in total. The number of aromatic nitrogens is 4. The van der Waals surface area contributed by atoms with Gasteiger partial charge >= 0.3 is 6.18 Å². The van der Waals surface area contributed by atoms with Crippen molar-refractivity contribution in [2.24, 2.45) is 5.73 Å². The minimum Gasteiger partial charge on any atom is -0.365 e. The SMILES string of the molecule is NC1CCC(Nc2nc(NC3CCN(C(=O)c4cc(C(F)(F)F)ccc4F)CC3)c3ncn(C4CCCC4)c3n2)CC1. The van der Waals surface area contributed by atoms with Crippen molar-refractivity contribution >= 4 is 28.8 Å². The van der Waals surface area contributed by atoms with Gasteiger partial charge in [-0.15, -0.1) is 0 Å². The van der Waals surface area contributed by atoms with Crippen LogP contribution in [0.3, 0.4) is 0 Å². The van der Waals surface area contributed by atoms with Crippen molar-refractivity contribution in [3.8, 4) is 0 Å². The second-order valence-electron chi connectivity index (χ2n) is 11.8. The van der Waals surface area contributed by atoms with Crippen LogP contribution in [0.2, 0.25) is 0 Å². The number of benzene rings is 1. The third-order valence-corrected chi connectivity index (χ3v) is 8.89. The Morgan fingerprint density at radius 3 is 2.31 bits per heavy atom. The first kappa shape index (κ1) is 28.6. The molecular weight excluding hydrogens is 552 g/mol. The minimum absolute atomic E-state index is 0.0596. The number of carbonyl (C=O) groups excluding carboxylic acids is 1. The van der Waals surface area contributed by atoms with Gasteiger partial charge in [-0.3, -0.25) is 4.79 Å². The summed E-state index contributed by atoms with van der Waals surface area (Å²) in [5.41, 5.74) is 5.94. The Bertz CT molecular complexity index is 1420. The molecule has 0 spiro atoms. The number of nitrogens with one attached hydrogen (secondary N) is 2. The van der Waals surface area contributed by atoms with Crippen LogP contribution in [0.15, 0.2) is 24.5 Å². The lowest BCUT2D eigenvalue weighted by molar-refractivity contribution is -0.137. The van der Waals surface area contributed by atoms with Gasteiger partial charge in [0.15, 0.2) is 17.0 Å². The van der Waals surface area contributed by atoms with Gasteiger partial charge in [-0.2, -0.15) is 23.1 Å². The van der Waals surface area contributed by atoms with E-state index < -0.39 is 29.0 Å². The van der Waals surface area contributed by atoms with Crippen LogP contribution >= 0.6 is 0 Å². The number of imidazole rings is 1. The Kier molecular flexibility index (Phi) is 7.95. The number of carbonyl (C=O) groups is 1. The summed E-state index contributed by atoms with van der Waals surface area (Å²) in [5.74, 6) is -0.553. The van der Waals surface area contributed by atoms with Gasteiger partial charge in [0.2, 0.25) is 5.95 Å². The van der Waals surface area contributed by atoms with Crippen LogP contribution in [-0.2, 0) is 6.18 Å². The number of nitrogens with two attached hydrogens (primary N) is 1. The molecule has 226 valence electrons. The predicted octanol–water partition coefficient (Wildman–Crippen LogP) is 5.50. The Labute approximate surface area is 241 Å². The molecule has 0 atom stereocenters. The van der Waals surface area contributed by atoms with E-state index in [0.717, 1.165) is 44.2 Å². The van der Waals surface area contributed by atoms with Crippen LogP contribution in [-0.4, -0.2) is 61.5 Å². The minimum atomic E-state index is -4.66. The van der Waals surface area contributed by atoms with Gasteiger partial charge < -0.3 is 25.8 Å². The van der Waals surface area contributed by atoms with Gasteiger partial charge in [-0.05, 0) is 69.6 Å². The smallest absolute Gasteiger partial charge is 0.365 e. The van der Waals surface area contributed by atoms with E-state index in [1.165, 1.54) is 17.7 Å². The van der Waals surface area contributed by atoms with Gasteiger partial charge in [0.05, 0.1) is 17.5 Å². The number of rotatable bonds is 6. The first-order chi connectivity index (χ1) is 20.2. The summed E-state index contributed by atoms with van der Waals surface area (Å²) in [4.78, 5) is 28.8. The van der Waals surface area contributed by atoms with Crippen molar-refractivity contribution in [2.45, 2.75) is 94.6 Å². The molecule has 2 saturated carbocycles. The van der Waals surface area contributed by atoms with E-state index in [-0.39, 0.29) is 31.2 Å². The van der Waals surface area contributed by atoms with Crippen LogP contribution in [0.1, 0.15) is 86.2 Å². The maximum atomic E-state index is 14.4. The molecule has 3 aromatic rings. The summed E-state index contributed by atoms with van der Waals surface area (Å²) >= 11 is 0. The lowest BCUT2D eigenvalue weighted by atomic mass is 9.92. The standard InChI is InChI=1S/C29H36F4N8O/c30-23-10-5-17(29(31,32)33)15-22(23)27(42)40-13-11-20(12-14-40)36-25-24-26(41(16-35-24)21-3-1-2-4-21)39-28(38-25)37-19-8-6-18(34)7-9-19/h5,10,15-16,18-21H,1-4,6-9,11-14,34H2,(H2,36,37,38,39). The molecule has 1 saturated heterocycles. The number of fused-ring (bicyclic) bond motifs is 1. The number of halogens is 4. The molecule has 42 heavy (non-hydrogen) atoms. The monoisotopic (exact) mass is 588 g/mol. The Morgan fingerprint density at radius 2 is 1.62 bits per heavy atom. The molecule has 6 rings (SSSR count). The van der Waals surface area contributed by atoms with Crippen molar-refractivity contribution in [1.29, 1.82) is 0 Å². The van der Waals surface area contributed by atoms with Crippen molar-refractivity contribution in [3.05, 3.63) is 41.5 Å². The first-order valence-electron chi connectivity index (χ1n) is 14.8. The molecule has 3 fully saturated rings. The predicted molar refractivity (Wildman–Crippen MR) is 151 cm³/mol. The van der Waals surface area contributed by atoms with Crippen molar-refractivity contribution in [1.82, 2.24) is 24.4 Å². The average Bonchev–Trinajstić information content (AvgIpc) is 3.64. The highest BCUT2D eigenvalue weighted by Crippen LogP contribution is 2.34. The summed E-state index contributed by atoms with van der Waals surface area (Å²) in [7, 11) is 0. The van der Waals surface area contributed by atoms with Crippen molar-refractivity contribution in [3.63, 3.8) is 0 Å². The zero-order chi connectivity index (χ0) is 29.4. The van der Waals surface area contributed by atoms with Gasteiger partial charge in [0.1, 0.15) is 5.82 Å². The molecule has 1 amide bonds. The first-order valence-corrected chi connectivity index (χ1v) is 14.8. The van der Waals surface area contributed by atoms with Gasteiger partial charge in [0, 0.05) is 37.3 Å². The molecule has 2 aromatic heterocycles. The third-order valence-electron chi connectivity index (χ3n) is 8.89. The van der Waals surface area contributed by atoms with Crippen molar-refractivity contribution in [2.75, 3.05) is 23.7 Å². The van der Waals surface area contributed by atoms with Crippen LogP contribution in [0.5, 0.6) is 0 Å². The number of alkyl halides is 3. The van der Waals surface area contributed by atoms with Crippen LogP contribution in [0.25, 0.3) is 11.2 Å². The molecule has 3 heterocycles. The zero-order valence-corrected chi connectivity index (χ0v) is 23.3. The molecular formula is C29H36F4N8O. The van der Waals surface area contributed by atoms with Crippen LogP contribution in [0, 0.1) is 5.82 Å². The molecule has 0 bridgehead atoms. The number of piperidine rings is 1. The molecule has 1 aromatic carbocycles. The van der Waals surface area contributed by atoms with E-state index in [9.17, 15) is 22.4 Å². The van der Waals surface area contributed by atoms with E-state index in [1.807, 2.05) is 6.33 Å². The molecule has 4 N–H and O–H groups in total. The second-order valence-corrected chi connectivity index (χ2v) is 11.8. The second kappa shape index (κ2) is 11.7. The fourth-order valence-electron chi connectivity index (χ4n) is 6.43. The topological polar surface area (TPSA) is 114 Å². The van der Waals surface area contributed by atoms with Gasteiger partial charge in [-0.25, -0.2) is 9.37 Å². The highest BCUT2D eigenvalue weighted by Gasteiger charge is 2.33. The fraction of sp³-hybridized carbons (Fsp3) is 0.586. The largest absolute Gasteiger partial charge is 0.416 e. The average molecular weight is 589 g/mol. The van der Waals surface area contributed by atoms with Crippen LogP contribution in [0.4, 0.5) is 29.3 Å². The number of nitrogens with zero attached hydrogens (tertiary/aromatic N) is 5. The van der Waals surface area contributed by atoms with E-state index in [1.54, 1.807) is 0 Å². The summed E-state index contributed by atoms with van der Waals surface area (Å²) in [5, 5.41) is 7.02. The number of likely N-dealkylation sites (tertiary alicyclic amines) is 1. The molecule has 13 heteroatoms. The van der Waals surface area contributed by atoms with E-state index in [0.29, 0.717) is 54.4 Å². The highest BCUT2D eigenvalue weighted by atomic mass is 19.4. The van der Waals surface area contributed by atoms with E-state index in [4.69, 9.17) is 15.7 Å². The van der Waals surface area contributed by atoms with E-state index in [2.05, 4.69) is 20.2 Å². The zero-order valence-electron chi connectivity index (χ0n) is 23.3. The highest BCUT2D eigenvalue weighted by molar-refractivity contribution is 5.95. The van der Waals surface area contributed by atoms with Crippen LogP contribution < -0.4 is 16.4 Å². The Morgan fingerprint density at radius 1 is 0.929 bits per heavy atom. The number of hydrogen-bond acceptors (Lipinski definition) is 7. The number of anilines is 2. The fourth-order valence-corrected chi connectivity index (χ4v) is 6.43. The Balaban J connectivity index is 1.18. The maximum absolute atomic E-state index is 14.4. The molecule has 3 aliphatic rings. The van der Waals surface area contributed by atoms with Gasteiger partial charge in [0.25, 0.3) is 5.91 Å². The Hall–Kier alpha value is -3.48. The normalized spacial score (nSPS) is 22.5. The number of amides is 1. The maximum Gasteiger partial charge on any atom is 0.416 e. The summed E-state index contributed by atoms with van der Waals surface area (Å²) in [6, 6.07) is 2.70. The third kappa shape index (κ3) is 6.02. The van der Waals surface area contributed by atoms with Gasteiger partial charge in [-0.1, -0.05) is 12.8 Å². The molecule has 0 radical (unpaired) electrons. The van der Waals surface area contributed by atoms with E-state index >= 15 is 0 Å². The summed E-state index contributed by atoms with van der Waals surface area (Å²) in [6.45, 7) is 0.536. The molecule has 1 aliphatic heterocycles. The number of hydrogen-bond donors (Lipinski definition) is 3. The lowest BCUT2D eigenvalue weighted by Crippen LogP contribution is -2.42.